The van der Waals surface area contributed by atoms with Gasteiger partial charge in [0.25, 0.3) is 11.8 Å². The van der Waals surface area contributed by atoms with E-state index in [-0.39, 0.29) is 18.9 Å². The second-order valence-electron chi connectivity index (χ2n) is 10.5. The van der Waals surface area contributed by atoms with Crippen LogP contribution in [0.2, 0.25) is 0 Å². The Bertz CT molecular complexity index is 1490. The largest absolute Gasteiger partial charge is 0.497 e. The maximum Gasteiger partial charge on any atom is 0.262 e. The summed E-state index contributed by atoms with van der Waals surface area (Å²) in [5.74, 6) is 0.613. The molecule has 44 heavy (non-hydrogen) atoms. The quantitative estimate of drug-likeness (QED) is 0.327. The van der Waals surface area contributed by atoms with E-state index in [0.29, 0.717) is 66.0 Å². The lowest BCUT2D eigenvalue weighted by atomic mass is 9.97. The van der Waals surface area contributed by atoms with Crippen LogP contribution in [0.15, 0.2) is 71.8 Å². The number of hydrogen-bond donors (Lipinski definition) is 0. The number of halogens is 1. The first-order chi connectivity index (χ1) is 21.4. The Morgan fingerprint density at radius 3 is 2.34 bits per heavy atom. The van der Waals surface area contributed by atoms with E-state index in [4.69, 9.17) is 18.9 Å². The van der Waals surface area contributed by atoms with Crippen LogP contribution in [0.3, 0.4) is 0 Å². The number of amides is 2. The van der Waals surface area contributed by atoms with Crippen molar-refractivity contribution in [1.29, 1.82) is 0 Å². The Morgan fingerprint density at radius 1 is 0.955 bits per heavy atom. The van der Waals surface area contributed by atoms with Crippen LogP contribution in [-0.2, 0) is 9.53 Å². The van der Waals surface area contributed by atoms with Crippen LogP contribution < -0.4 is 14.2 Å². The summed E-state index contributed by atoms with van der Waals surface area (Å²) in [4.78, 5) is 31.7. The lowest BCUT2D eigenvalue weighted by Crippen LogP contribution is -2.46. The molecule has 5 rings (SSSR count). The molecule has 1 saturated heterocycles. The second kappa shape index (κ2) is 14.3. The van der Waals surface area contributed by atoms with Crippen molar-refractivity contribution in [2.24, 2.45) is 5.10 Å². The Morgan fingerprint density at radius 2 is 1.66 bits per heavy atom. The van der Waals surface area contributed by atoms with E-state index in [1.54, 1.807) is 82.0 Å². The smallest absolute Gasteiger partial charge is 0.262 e. The number of hydrazone groups is 1. The highest BCUT2D eigenvalue weighted by molar-refractivity contribution is 6.04. The van der Waals surface area contributed by atoms with Gasteiger partial charge in [-0.3, -0.25) is 14.5 Å². The second-order valence-corrected chi connectivity index (χ2v) is 10.5. The molecule has 2 aliphatic heterocycles. The summed E-state index contributed by atoms with van der Waals surface area (Å²) in [6.45, 7) is 3.41. The van der Waals surface area contributed by atoms with Crippen LogP contribution in [0.1, 0.15) is 33.9 Å². The topological polar surface area (TPSA) is 93.1 Å². The predicted molar refractivity (Wildman–Crippen MR) is 163 cm³/mol. The van der Waals surface area contributed by atoms with Crippen LogP contribution in [0.4, 0.5) is 4.39 Å². The minimum absolute atomic E-state index is 0.230. The number of nitrogens with zero attached hydrogens (tertiary/aromatic N) is 4. The fourth-order valence-electron chi connectivity index (χ4n) is 5.43. The molecule has 11 heteroatoms. The number of methoxy groups -OCH3 is 3. The molecule has 0 aliphatic carbocycles. The minimum atomic E-state index is -0.612. The summed E-state index contributed by atoms with van der Waals surface area (Å²) < 4.78 is 36.7. The van der Waals surface area contributed by atoms with Crippen molar-refractivity contribution in [1.82, 2.24) is 14.8 Å². The summed E-state index contributed by atoms with van der Waals surface area (Å²) in [7, 11) is 4.66. The van der Waals surface area contributed by atoms with Gasteiger partial charge in [-0.1, -0.05) is 18.2 Å². The number of benzene rings is 3. The van der Waals surface area contributed by atoms with Gasteiger partial charge < -0.3 is 23.8 Å². The highest BCUT2D eigenvalue weighted by Crippen LogP contribution is 2.39. The lowest BCUT2D eigenvalue weighted by Gasteiger charge is -2.31. The standard InChI is InChI=1S/C33H37FN4O6/c1-41-24-10-8-23(9-11-24)33(40)37(15-14-36-16-18-44-19-17-36)22-32(39)38-30(27-20-25(42-2)12-13-31(27)43-3)21-29(35-38)26-6-4-5-7-28(26)34/h4-13,20,30H,14-19,21-22H2,1-3H3/t30-/m1/s1. The van der Waals surface area contributed by atoms with Gasteiger partial charge in [0.15, 0.2) is 0 Å². The first kappa shape index (κ1) is 31.0. The third-order valence-corrected chi connectivity index (χ3v) is 7.89. The molecule has 2 amide bonds. The fraction of sp³-hybridized carbons (Fsp3) is 0.364. The van der Waals surface area contributed by atoms with Gasteiger partial charge >= 0.3 is 0 Å². The lowest BCUT2D eigenvalue weighted by molar-refractivity contribution is -0.133. The zero-order valence-corrected chi connectivity index (χ0v) is 25.2. The van der Waals surface area contributed by atoms with Gasteiger partial charge in [-0.2, -0.15) is 5.10 Å². The van der Waals surface area contributed by atoms with Crippen molar-refractivity contribution in [3.63, 3.8) is 0 Å². The summed E-state index contributed by atoms with van der Waals surface area (Å²) in [6, 6.07) is 17.9. The van der Waals surface area contributed by atoms with E-state index in [1.165, 1.54) is 16.0 Å². The van der Waals surface area contributed by atoms with Gasteiger partial charge in [-0.05, 0) is 48.5 Å². The fourth-order valence-corrected chi connectivity index (χ4v) is 5.43. The first-order valence-electron chi connectivity index (χ1n) is 14.5. The average Bonchev–Trinajstić information content (AvgIpc) is 3.52. The summed E-state index contributed by atoms with van der Waals surface area (Å²) in [5.41, 5.74) is 1.83. The molecule has 2 heterocycles. The summed E-state index contributed by atoms with van der Waals surface area (Å²) in [6.07, 6.45) is 0.246. The molecule has 232 valence electrons. The predicted octanol–water partition coefficient (Wildman–Crippen LogP) is 4.00. The van der Waals surface area contributed by atoms with Gasteiger partial charge in [0.05, 0.1) is 46.3 Å². The molecule has 1 atom stereocenters. The van der Waals surface area contributed by atoms with E-state index in [1.807, 2.05) is 0 Å². The number of ether oxygens (including phenoxy) is 4. The Balaban J connectivity index is 1.47. The van der Waals surface area contributed by atoms with Crippen LogP contribution in [0.5, 0.6) is 17.2 Å². The van der Waals surface area contributed by atoms with Crippen LogP contribution >= 0.6 is 0 Å². The molecule has 0 saturated carbocycles. The maximum atomic E-state index is 14.9. The van der Waals surface area contributed by atoms with Gasteiger partial charge in [0, 0.05) is 49.3 Å². The average molecular weight is 605 g/mol. The molecule has 0 aromatic heterocycles. The molecule has 0 N–H and O–H groups in total. The highest BCUT2D eigenvalue weighted by Gasteiger charge is 2.37. The highest BCUT2D eigenvalue weighted by atomic mass is 19.1. The van der Waals surface area contributed by atoms with E-state index < -0.39 is 17.8 Å². The van der Waals surface area contributed by atoms with E-state index in [9.17, 15) is 14.0 Å². The number of carbonyl (C=O) groups is 2. The van der Waals surface area contributed by atoms with Crippen LogP contribution in [0.25, 0.3) is 0 Å². The molecular formula is C33H37FN4O6. The summed E-state index contributed by atoms with van der Waals surface area (Å²) >= 11 is 0. The van der Waals surface area contributed by atoms with Crippen LogP contribution in [0, 0.1) is 5.82 Å². The molecule has 0 radical (unpaired) electrons. The number of rotatable bonds is 11. The zero-order valence-electron chi connectivity index (χ0n) is 25.2. The molecule has 0 spiro atoms. The van der Waals surface area contributed by atoms with E-state index in [2.05, 4.69) is 10.0 Å². The Labute approximate surface area is 256 Å². The molecule has 1 fully saturated rings. The van der Waals surface area contributed by atoms with Crippen molar-refractivity contribution >= 4 is 17.5 Å². The monoisotopic (exact) mass is 604 g/mol. The summed E-state index contributed by atoms with van der Waals surface area (Å²) in [5, 5.41) is 6.00. The third kappa shape index (κ3) is 7.00. The van der Waals surface area contributed by atoms with E-state index >= 15 is 0 Å². The van der Waals surface area contributed by atoms with Gasteiger partial charge in [0.2, 0.25) is 0 Å². The molecule has 0 bridgehead atoms. The van der Waals surface area contributed by atoms with Crippen molar-refractivity contribution in [3.8, 4) is 17.2 Å². The number of morpholine rings is 1. The molecular weight excluding hydrogens is 567 g/mol. The normalized spacial score (nSPS) is 16.8. The van der Waals surface area contributed by atoms with E-state index in [0.717, 1.165) is 13.1 Å². The van der Waals surface area contributed by atoms with Gasteiger partial charge in [-0.15, -0.1) is 0 Å². The Kier molecular flexibility index (Phi) is 10.1. The van der Waals surface area contributed by atoms with Gasteiger partial charge in [0.1, 0.15) is 29.6 Å². The maximum absolute atomic E-state index is 14.9. The first-order valence-corrected chi connectivity index (χ1v) is 14.5. The Hall–Kier alpha value is -4.48. The van der Waals surface area contributed by atoms with Crippen molar-refractivity contribution in [3.05, 3.63) is 89.2 Å². The molecule has 10 nitrogen and oxygen atoms in total. The third-order valence-electron chi connectivity index (χ3n) is 7.89. The van der Waals surface area contributed by atoms with Crippen molar-refractivity contribution < 1.29 is 32.9 Å². The van der Waals surface area contributed by atoms with Crippen molar-refractivity contribution in [2.45, 2.75) is 12.5 Å². The molecule has 2 aliphatic rings. The van der Waals surface area contributed by atoms with Crippen LogP contribution in [-0.4, -0.2) is 99.6 Å². The minimum Gasteiger partial charge on any atom is -0.497 e. The van der Waals surface area contributed by atoms with Gasteiger partial charge in [-0.25, -0.2) is 9.40 Å². The SMILES string of the molecule is COc1ccc(C(=O)N(CCN2CCOCC2)CC(=O)N2N=C(c3ccccc3F)C[C@@H]2c2cc(OC)ccc2OC)cc1. The molecule has 3 aromatic carbocycles. The number of hydrogen-bond acceptors (Lipinski definition) is 8. The zero-order chi connectivity index (χ0) is 31.1. The molecule has 3 aromatic rings. The van der Waals surface area contributed by atoms with Crippen molar-refractivity contribution in [2.75, 3.05) is 67.3 Å². The number of carbonyl (C=O) groups excluding carboxylic acids is 2. The molecule has 0 unspecified atom stereocenters.